The SMILES string of the molecule is C=CC(=O)Nc1cc(-c2cnc3[nH]cc(-c4cc(F)cc(F)c4OC)c3c2)c(F)cc1F.C=CC(=O)Nc1cc(-c2cnc3[nH]cc(-c4cc(F)cc(F)c4OC)c3c2)ccc1Cl.C=CC(=O)Nc1ccc(F)c(-c2cnc3[nH]cc(-c4cc(F)cc(F)c4OC)c3c2)c1.C=CC(=O)Nc1cccc(-c2cnc3[nH]cc(-c4cc(F)cc(F)c4OC)c3c2)c1. The van der Waals surface area contributed by atoms with Gasteiger partial charge in [-0.15, -0.1) is 0 Å². The number of carbonyl (C=O) groups is 4. The van der Waals surface area contributed by atoms with E-state index in [0.29, 0.717) is 106 Å². The molecule has 0 atom stereocenters. The van der Waals surface area contributed by atoms with Crippen LogP contribution in [0, 0.1) is 64.0 Å². The molecule has 8 heterocycles. The van der Waals surface area contributed by atoms with Gasteiger partial charge < -0.3 is 60.2 Å². The molecule has 0 saturated carbocycles. The Morgan fingerprint density at radius 3 is 1.03 bits per heavy atom. The number of benzene rings is 8. The molecule has 0 spiro atoms. The zero-order valence-electron chi connectivity index (χ0n) is 65.2. The minimum atomic E-state index is -0.960. The van der Waals surface area contributed by atoms with Crippen molar-refractivity contribution in [3.8, 4) is 112 Å². The van der Waals surface area contributed by atoms with Crippen molar-refractivity contribution in [1.29, 1.82) is 0 Å². The van der Waals surface area contributed by atoms with Crippen molar-refractivity contribution in [2.24, 2.45) is 0 Å². The van der Waals surface area contributed by atoms with E-state index in [1.165, 1.54) is 89.5 Å². The van der Waals surface area contributed by atoms with Crippen LogP contribution in [-0.4, -0.2) is 91.9 Å². The lowest BCUT2D eigenvalue weighted by atomic mass is 10.0. The fourth-order valence-electron chi connectivity index (χ4n) is 13.4. The number of rotatable bonds is 20. The number of aromatic amines is 4. The summed E-state index contributed by atoms with van der Waals surface area (Å²) in [7, 11) is 5.20. The standard InChI is InChI=1S/C23H16ClF2N3O2.C23H15F4N3O2.C23H16F3N3O2.C23H17F2N3O2/c1-3-21(30)29-20-7-12(4-5-18(20)24)13-6-16-17(11-28-23(16)27-10-13)15-8-14(25)9-19(26)22(15)31-2;1-3-21(31)30-20-7-13(17(25)8-18(20)26)11-4-15-16(10-29-23(15)28-9-11)14-5-12(24)6-19(27)22(14)32-2;1-3-21(30)29-14-4-5-19(25)15(9-14)12-6-17-18(11-28-23(17)27-10-12)16-7-13(24)8-20(26)22(16)31-2;1-3-21(29)28-16-6-4-5-13(7-16)14-8-18-19(12-27-23(18)26-11-14)17-9-15(24)10-20(25)22(17)30-2/h3-11H,1H2,2H3,(H,27,28)(H,29,30);3-10H,1H2,2H3,(H,28,29)(H,30,31);3-11H,1H2,2H3,(H,27,28)(H,29,30);3-12H,1H2,2H3,(H,26,27)(H,28,29). The predicted molar refractivity (Wildman–Crippen MR) is 454 cm³/mol. The Labute approximate surface area is 701 Å². The monoisotopic (exact) mass is 1710 g/mol. The summed E-state index contributed by atoms with van der Waals surface area (Å²) in [6.45, 7) is 13.5. The van der Waals surface area contributed by atoms with E-state index in [4.69, 9.17) is 30.5 Å². The van der Waals surface area contributed by atoms with Crippen LogP contribution in [0.4, 0.5) is 71.0 Å². The van der Waals surface area contributed by atoms with Gasteiger partial charge in [-0.05, 0) is 132 Å². The van der Waals surface area contributed by atoms with Gasteiger partial charge in [0.15, 0.2) is 46.3 Å². The fraction of sp³-hybridized carbons (Fsp3) is 0.0435. The summed E-state index contributed by atoms with van der Waals surface area (Å²) < 4.78 is 176. The van der Waals surface area contributed by atoms with Crippen molar-refractivity contribution in [2.45, 2.75) is 0 Å². The molecule has 32 heteroatoms. The third kappa shape index (κ3) is 18.4. The number of carbonyl (C=O) groups excluding carboxylic acids is 4. The molecule has 0 saturated heterocycles. The Kier molecular flexibility index (Phi) is 25.8. The average molecular weight is 1710 g/mol. The molecule has 8 aromatic carbocycles. The number of H-pyrrole nitrogens is 4. The van der Waals surface area contributed by atoms with Crippen LogP contribution in [0.15, 0.2) is 246 Å². The quantitative estimate of drug-likeness (QED) is 0.0262. The summed E-state index contributed by atoms with van der Waals surface area (Å²) in [4.78, 5) is 75.6. The number of amides is 4. The molecule has 0 aliphatic rings. The maximum Gasteiger partial charge on any atom is 0.247 e. The first-order valence-electron chi connectivity index (χ1n) is 36.6. The number of hydrogen-bond acceptors (Lipinski definition) is 12. The maximum absolute atomic E-state index is 14.6. The highest BCUT2D eigenvalue weighted by Gasteiger charge is 2.25. The van der Waals surface area contributed by atoms with E-state index in [1.54, 1.807) is 73.4 Å². The van der Waals surface area contributed by atoms with Crippen molar-refractivity contribution < 1.29 is 86.4 Å². The molecule has 0 unspecified atom stereocenters. The number of methoxy groups -OCH3 is 4. The lowest BCUT2D eigenvalue weighted by molar-refractivity contribution is -0.112. The Hall–Kier alpha value is -15.9. The lowest BCUT2D eigenvalue weighted by Gasteiger charge is -2.11. The van der Waals surface area contributed by atoms with Gasteiger partial charge in [-0.3, -0.25) is 19.2 Å². The Morgan fingerprint density at radius 1 is 0.315 bits per heavy atom. The predicted octanol–water partition coefficient (Wildman–Crippen LogP) is 22.3. The van der Waals surface area contributed by atoms with Gasteiger partial charge in [0.1, 0.15) is 63.3 Å². The normalized spacial score (nSPS) is 10.8. The molecule has 0 fully saturated rings. The molecule has 16 rings (SSSR count). The number of aromatic nitrogens is 8. The van der Waals surface area contributed by atoms with Crippen LogP contribution in [0.1, 0.15) is 0 Å². The molecule has 0 aliphatic carbocycles. The van der Waals surface area contributed by atoms with Crippen LogP contribution in [0.3, 0.4) is 0 Å². The lowest BCUT2D eigenvalue weighted by Crippen LogP contribution is -2.09. The molecule has 16 aromatic rings. The molecule has 20 nitrogen and oxygen atoms in total. The number of halogens is 12. The van der Waals surface area contributed by atoms with Crippen LogP contribution in [0.5, 0.6) is 23.0 Å². The van der Waals surface area contributed by atoms with Crippen molar-refractivity contribution in [3.63, 3.8) is 0 Å². The van der Waals surface area contributed by atoms with E-state index in [1.807, 2.05) is 18.2 Å². The van der Waals surface area contributed by atoms with Gasteiger partial charge in [-0.1, -0.05) is 56.1 Å². The van der Waals surface area contributed by atoms with Crippen molar-refractivity contribution in [2.75, 3.05) is 49.7 Å². The van der Waals surface area contributed by atoms with E-state index in [9.17, 15) is 67.5 Å². The molecule has 124 heavy (non-hydrogen) atoms. The second-order valence-electron chi connectivity index (χ2n) is 26.7. The molecule has 8 aromatic heterocycles. The van der Waals surface area contributed by atoms with Gasteiger partial charge in [0, 0.05) is 191 Å². The van der Waals surface area contributed by atoms with Gasteiger partial charge in [0.05, 0.1) is 44.8 Å². The van der Waals surface area contributed by atoms with E-state index < -0.39 is 75.8 Å². The maximum atomic E-state index is 14.6. The number of ether oxygens (including phenoxy) is 4. The number of anilines is 4. The number of fused-ring (bicyclic) bond motifs is 4. The first kappa shape index (κ1) is 85.9. The van der Waals surface area contributed by atoms with Gasteiger partial charge in [0.25, 0.3) is 0 Å². The zero-order chi connectivity index (χ0) is 88.5. The zero-order valence-corrected chi connectivity index (χ0v) is 66.0. The smallest absolute Gasteiger partial charge is 0.247 e. The van der Waals surface area contributed by atoms with Crippen LogP contribution < -0.4 is 40.2 Å². The highest BCUT2D eigenvalue weighted by molar-refractivity contribution is 6.34. The number of pyridine rings is 4. The summed E-state index contributed by atoms with van der Waals surface area (Å²) in [5, 5.41) is 12.8. The third-order valence-electron chi connectivity index (χ3n) is 19.1. The summed E-state index contributed by atoms with van der Waals surface area (Å²) in [5.41, 5.74) is 9.75. The molecule has 8 N–H and O–H groups in total. The molecule has 0 aliphatic heterocycles. The van der Waals surface area contributed by atoms with Crippen molar-refractivity contribution in [3.05, 3.63) is 315 Å². The van der Waals surface area contributed by atoms with Crippen LogP contribution in [-0.2, 0) is 19.2 Å². The summed E-state index contributed by atoms with van der Waals surface area (Å²) >= 11 is 6.18. The Bertz CT molecular complexity index is 6970. The highest BCUT2D eigenvalue weighted by atomic mass is 35.5. The molecule has 0 bridgehead atoms. The second kappa shape index (κ2) is 37.2. The minimum Gasteiger partial charge on any atom is -0.493 e. The van der Waals surface area contributed by atoms with Crippen LogP contribution >= 0.6 is 11.6 Å². The minimum absolute atomic E-state index is 0.0373. The van der Waals surface area contributed by atoms with Crippen LogP contribution in [0.2, 0.25) is 5.02 Å². The number of hydrogen-bond donors (Lipinski definition) is 8. The number of nitrogens with zero attached hydrogens (tertiary/aromatic N) is 4. The van der Waals surface area contributed by atoms with Crippen molar-refractivity contribution >= 4 is 102 Å². The van der Waals surface area contributed by atoms with Gasteiger partial charge in [-0.25, -0.2) is 68.2 Å². The molecule has 4 amide bonds. The summed E-state index contributed by atoms with van der Waals surface area (Å²) in [6, 6.07) is 32.9. The molecular weight excluding hydrogens is 1650 g/mol. The Balaban J connectivity index is 0.000000142. The van der Waals surface area contributed by atoms with Crippen LogP contribution in [0.25, 0.3) is 133 Å². The topological polar surface area (TPSA) is 268 Å². The summed E-state index contributed by atoms with van der Waals surface area (Å²) in [6.07, 6.45) is 16.8. The average Bonchev–Trinajstić information content (AvgIpc) is 1.60. The second-order valence-corrected chi connectivity index (χ2v) is 27.1. The van der Waals surface area contributed by atoms with E-state index in [0.717, 1.165) is 76.9 Å². The van der Waals surface area contributed by atoms with E-state index in [-0.39, 0.29) is 79.4 Å². The fourth-order valence-corrected chi connectivity index (χ4v) is 13.6. The van der Waals surface area contributed by atoms with Gasteiger partial charge in [-0.2, -0.15) is 0 Å². The molecular formula is C92H64ClF11N12O8. The molecule has 624 valence electrons. The summed E-state index contributed by atoms with van der Waals surface area (Å²) in [5.74, 6) is -10.8. The van der Waals surface area contributed by atoms with E-state index in [2.05, 4.69) is 87.5 Å². The highest BCUT2D eigenvalue weighted by Crippen LogP contribution is 2.45. The van der Waals surface area contributed by atoms with E-state index >= 15 is 0 Å². The van der Waals surface area contributed by atoms with Gasteiger partial charge in [0.2, 0.25) is 23.6 Å². The first-order chi connectivity index (χ1) is 59.6. The molecule has 0 radical (unpaired) electrons. The largest absolute Gasteiger partial charge is 0.493 e. The van der Waals surface area contributed by atoms with Crippen molar-refractivity contribution in [1.82, 2.24) is 39.9 Å². The first-order valence-corrected chi connectivity index (χ1v) is 37.0. The van der Waals surface area contributed by atoms with Gasteiger partial charge >= 0.3 is 0 Å². The number of nitrogens with one attached hydrogen (secondary N) is 8. The third-order valence-corrected chi connectivity index (χ3v) is 19.4. The Morgan fingerprint density at radius 2 is 0.653 bits per heavy atom.